The van der Waals surface area contributed by atoms with Gasteiger partial charge in [0.2, 0.25) is 0 Å². The molecule has 0 aromatic carbocycles. The van der Waals surface area contributed by atoms with Gasteiger partial charge in [-0.1, -0.05) is 11.6 Å². The topological polar surface area (TPSA) is 72.9 Å². The molecule has 5 nitrogen and oxygen atoms in total. The van der Waals surface area contributed by atoms with E-state index in [1.54, 1.807) is 5.43 Å². The molecular formula is C6H6ClF3N4O. The highest BCUT2D eigenvalue weighted by Crippen LogP contribution is 2.35. The lowest BCUT2D eigenvalue weighted by Gasteiger charge is -2.06. The van der Waals surface area contributed by atoms with Crippen molar-refractivity contribution in [1.82, 2.24) is 15.2 Å². The van der Waals surface area contributed by atoms with E-state index in [-0.39, 0.29) is 0 Å². The number of nitrogen functional groups attached to an aromatic ring is 1. The molecular weight excluding hydrogens is 237 g/mol. The van der Waals surface area contributed by atoms with Crippen LogP contribution in [-0.2, 0) is 13.2 Å². The number of carbonyl (C=O) groups is 1. The van der Waals surface area contributed by atoms with Crippen molar-refractivity contribution in [2.75, 3.05) is 0 Å². The van der Waals surface area contributed by atoms with Crippen molar-refractivity contribution in [3.63, 3.8) is 0 Å². The summed E-state index contributed by atoms with van der Waals surface area (Å²) in [5, 5.41) is 2.55. The van der Waals surface area contributed by atoms with Crippen LogP contribution in [0.3, 0.4) is 0 Å². The van der Waals surface area contributed by atoms with Crippen LogP contribution in [0.2, 0.25) is 5.02 Å². The van der Waals surface area contributed by atoms with Crippen LogP contribution >= 0.6 is 11.6 Å². The van der Waals surface area contributed by atoms with Gasteiger partial charge in [-0.25, -0.2) is 5.84 Å². The summed E-state index contributed by atoms with van der Waals surface area (Å²) in [7, 11) is 1.03. The highest BCUT2D eigenvalue weighted by molar-refractivity contribution is 6.34. The molecule has 0 atom stereocenters. The number of carbonyl (C=O) groups excluding carboxylic acids is 1. The Morgan fingerprint density at radius 3 is 2.47 bits per heavy atom. The summed E-state index contributed by atoms with van der Waals surface area (Å²) in [4.78, 5) is 11.0. The molecule has 0 fully saturated rings. The smallest absolute Gasteiger partial charge is 0.289 e. The van der Waals surface area contributed by atoms with E-state index in [9.17, 15) is 18.0 Å². The van der Waals surface area contributed by atoms with Gasteiger partial charge < -0.3 is 0 Å². The zero-order valence-electron chi connectivity index (χ0n) is 7.39. The maximum Gasteiger partial charge on any atom is 0.434 e. The summed E-state index contributed by atoms with van der Waals surface area (Å²) in [6.45, 7) is 0. The third kappa shape index (κ3) is 2.05. The molecule has 1 heterocycles. The van der Waals surface area contributed by atoms with E-state index in [4.69, 9.17) is 17.4 Å². The molecule has 84 valence electrons. The summed E-state index contributed by atoms with van der Waals surface area (Å²) in [6.07, 6.45) is -4.67. The lowest BCUT2D eigenvalue weighted by atomic mass is 10.3. The van der Waals surface area contributed by atoms with Crippen LogP contribution in [0.5, 0.6) is 0 Å². The molecule has 0 aliphatic heterocycles. The number of hydrazine groups is 1. The summed E-state index contributed by atoms with van der Waals surface area (Å²) in [6, 6.07) is 0. The molecule has 0 unspecified atom stereocenters. The number of aromatic nitrogens is 2. The lowest BCUT2D eigenvalue weighted by molar-refractivity contribution is -0.143. The third-order valence-electron chi connectivity index (χ3n) is 1.60. The van der Waals surface area contributed by atoms with Gasteiger partial charge in [0, 0.05) is 7.05 Å². The van der Waals surface area contributed by atoms with Gasteiger partial charge in [0.1, 0.15) is 5.02 Å². The quantitative estimate of drug-likeness (QED) is 0.432. The molecule has 9 heteroatoms. The second kappa shape index (κ2) is 3.70. The van der Waals surface area contributed by atoms with Crippen molar-refractivity contribution < 1.29 is 18.0 Å². The van der Waals surface area contributed by atoms with E-state index >= 15 is 0 Å². The first-order valence-electron chi connectivity index (χ1n) is 3.59. The van der Waals surface area contributed by atoms with Crippen LogP contribution in [0.15, 0.2) is 0 Å². The average Bonchev–Trinajstić information content (AvgIpc) is 2.39. The molecule has 0 radical (unpaired) electrons. The van der Waals surface area contributed by atoms with Crippen LogP contribution < -0.4 is 11.3 Å². The predicted octanol–water partition coefficient (Wildman–Crippen LogP) is 0.696. The van der Waals surface area contributed by atoms with Gasteiger partial charge in [-0.3, -0.25) is 14.9 Å². The van der Waals surface area contributed by atoms with Crippen LogP contribution in [0.1, 0.15) is 16.2 Å². The predicted molar refractivity (Wildman–Crippen MR) is 44.9 cm³/mol. The minimum absolute atomic E-state index is 0.479. The highest BCUT2D eigenvalue weighted by atomic mass is 35.5. The molecule has 0 saturated heterocycles. The van der Waals surface area contributed by atoms with Gasteiger partial charge >= 0.3 is 6.18 Å². The SMILES string of the molecule is Cn1nc(C(=O)NN)c(Cl)c1C(F)(F)F. The molecule has 0 spiro atoms. The first-order chi connectivity index (χ1) is 6.79. The molecule has 0 aliphatic carbocycles. The minimum Gasteiger partial charge on any atom is -0.289 e. The maximum atomic E-state index is 12.4. The fraction of sp³-hybridized carbons (Fsp3) is 0.333. The Morgan fingerprint density at radius 2 is 2.13 bits per heavy atom. The molecule has 3 N–H and O–H groups in total. The monoisotopic (exact) mass is 242 g/mol. The number of alkyl halides is 3. The first kappa shape index (κ1) is 11.8. The second-order valence-electron chi connectivity index (χ2n) is 2.61. The van der Waals surface area contributed by atoms with E-state index in [0.717, 1.165) is 7.05 Å². The van der Waals surface area contributed by atoms with E-state index in [1.165, 1.54) is 0 Å². The minimum atomic E-state index is -4.67. The number of hydrogen-bond donors (Lipinski definition) is 2. The largest absolute Gasteiger partial charge is 0.434 e. The number of rotatable bonds is 1. The van der Waals surface area contributed by atoms with Crippen molar-refractivity contribution in [1.29, 1.82) is 0 Å². The van der Waals surface area contributed by atoms with Gasteiger partial charge in [-0.2, -0.15) is 18.3 Å². The fourth-order valence-electron chi connectivity index (χ4n) is 1.02. The van der Waals surface area contributed by atoms with Gasteiger partial charge in [0.05, 0.1) is 0 Å². The number of hydrogen-bond acceptors (Lipinski definition) is 3. The summed E-state index contributed by atoms with van der Waals surface area (Å²) in [5.74, 6) is 3.77. The van der Waals surface area contributed by atoms with E-state index in [2.05, 4.69) is 5.10 Å². The zero-order valence-corrected chi connectivity index (χ0v) is 8.15. The van der Waals surface area contributed by atoms with E-state index in [1.807, 2.05) is 0 Å². The number of halogens is 4. The van der Waals surface area contributed by atoms with Crippen LogP contribution in [0.4, 0.5) is 13.2 Å². The lowest BCUT2D eigenvalue weighted by Crippen LogP contribution is -2.30. The summed E-state index contributed by atoms with van der Waals surface area (Å²) >= 11 is 5.37. The number of nitrogens with two attached hydrogens (primary N) is 1. The fourth-order valence-corrected chi connectivity index (χ4v) is 1.37. The van der Waals surface area contributed by atoms with Crippen LogP contribution in [-0.4, -0.2) is 15.7 Å². The van der Waals surface area contributed by atoms with Gasteiger partial charge in [-0.15, -0.1) is 0 Å². The average molecular weight is 243 g/mol. The molecule has 1 aromatic heterocycles. The first-order valence-corrected chi connectivity index (χ1v) is 3.97. The Balaban J connectivity index is 3.33. The van der Waals surface area contributed by atoms with E-state index < -0.39 is 28.5 Å². The van der Waals surface area contributed by atoms with Crippen molar-refractivity contribution in [2.24, 2.45) is 12.9 Å². The van der Waals surface area contributed by atoms with Crippen molar-refractivity contribution >= 4 is 17.5 Å². The standard InChI is InChI=1S/C6H6ClF3N4O/c1-14-4(6(8,9)10)2(7)3(13-14)5(15)12-11/h11H2,1H3,(H,12,15). The molecule has 15 heavy (non-hydrogen) atoms. The maximum absolute atomic E-state index is 12.4. The van der Waals surface area contributed by atoms with E-state index in [0.29, 0.717) is 4.68 Å². The zero-order chi connectivity index (χ0) is 11.8. The number of nitrogens with one attached hydrogen (secondary N) is 1. The van der Waals surface area contributed by atoms with Gasteiger partial charge in [0.25, 0.3) is 5.91 Å². The summed E-state index contributed by atoms with van der Waals surface area (Å²) in [5.41, 5.74) is -0.105. The van der Waals surface area contributed by atoms with Crippen molar-refractivity contribution in [2.45, 2.75) is 6.18 Å². The highest BCUT2D eigenvalue weighted by Gasteiger charge is 2.39. The summed E-state index contributed by atoms with van der Waals surface area (Å²) < 4.78 is 37.6. The van der Waals surface area contributed by atoms with Crippen LogP contribution in [0.25, 0.3) is 0 Å². The molecule has 1 rings (SSSR count). The number of nitrogens with zero attached hydrogens (tertiary/aromatic N) is 2. The molecule has 0 saturated carbocycles. The molecule has 1 aromatic rings. The number of amides is 1. The Hall–Kier alpha value is -1.28. The third-order valence-corrected chi connectivity index (χ3v) is 1.96. The van der Waals surface area contributed by atoms with Crippen molar-refractivity contribution in [3.8, 4) is 0 Å². The van der Waals surface area contributed by atoms with Gasteiger partial charge in [-0.05, 0) is 0 Å². The Morgan fingerprint density at radius 1 is 1.60 bits per heavy atom. The Kier molecular flexibility index (Phi) is 2.91. The van der Waals surface area contributed by atoms with Crippen molar-refractivity contribution in [3.05, 3.63) is 16.4 Å². The Bertz CT molecular complexity index is 400. The molecule has 1 amide bonds. The second-order valence-corrected chi connectivity index (χ2v) is 2.98. The van der Waals surface area contributed by atoms with Gasteiger partial charge in [0.15, 0.2) is 11.4 Å². The number of aryl methyl sites for hydroxylation is 1. The molecule has 0 aliphatic rings. The van der Waals surface area contributed by atoms with Crippen LogP contribution in [0, 0.1) is 0 Å². The Labute approximate surface area is 87.0 Å². The molecule has 0 bridgehead atoms. The normalized spacial score (nSPS) is 11.6.